The SMILES string of the molecule is C=CC[Si](CC=C)(CC=C)N(c1ccccc1)[Si](CC=C)(CC=C)CC=C. The van der Waals surface area contributed by atoms with Gasteiger partial charge >= 0.3 is 0 Å². The molecule has 0 aliphatic carbocycles. The molecule has 0 aliphatic rings. The molecule has 0 N–H and O–H groups in total. The predicted octanol–water partition coefficient (Wildman–Crippen LogP) is 7.50. The Morgan fingerprint density at radius 3 is 1.11 bits per heavy atom. The summed E-state index contributed by atoms with van der Waals surface area (Å²) in [6.07, 6.45) is 12.5. The number of anilines is 1. The van der Waals surface area contributed by atoms with Crippen LogP contribution in [0.5, 0.6) is 0 Å². The quantitative estimate of drug-likeness (QED) is 0.220. The van der Waals surface area contributed by atoms with Crippen molar-refractivity contribution in [2.24, 2.45) is 0 Å². The molecule has 1 aromatic rings. The van der Waals surface area contributed by atoms with Gasteiger partial charge in [0.25, 0.3) is 0 Å². The van der Waals surface area contributed by atoms with Crippen molar-refractivity contribution in [1.29, 1.82) is 0 Å². The monoisotopic (exact) mass is 393 g/mol. The molecule has 0 fully saturated rings. The van der Waals surface area contributed by atoms with Crippen molar-refractivity contribution in [3.8, 4) is 0 Å². The number of nitrogens with zero attached hydrogens (tertiary/aromatic N) is 1. The minimum Gasteiger partial charge on any atom is -0.422 e. The lowest BCUT2D eigenvalue weighted by Crippen LogP contribution is -2.67. The third kappa shape index (κ3) is 5.44. The zero-order valence-corrected chi connectivity index (χ0v) is 18.8. The molecule has 1 nitrogen and oxygen atoms in total. The molecule has 0 aromatic heterocycles. The summed E-state index contributed by atoms with van der Waals surface area (Å²) in [6.45, 7) is 24.6. The molecule has 0 radical (unpaired) electrons. The van der Waals surface area contributed by atoms with Gasteiger partial charge < -0.3 is 4.23 Å². The molecule has 0 saturated heterocycles. The minimum atomic E-state index is -2.02. The van der Waals surface area contributed by atoms with Crippen molar-refractivity contribution in [1.82, 2.24) is 0 Å². The smallest absolute Gasteiger partial charge is 0.159 e. The van der Waals surface area contributed by atoms with Crippen molar-refractivity contribution in [3.63, 3.8) is 0 Å². The van der Waals surface area contributed by atoms with Crippen LogP contribution in [0.3, 0.4) is 0 Å². The first-order valence-corrected chi connectivity index (χ1v) is 14.7. The van der Waals surface area contributed by atoms with E-state index in [-0.39, 0.29) is 0 Å². The van der Waals surface area contributed by atoms with E-state index in [1.54, 1.807) is 0 Å². The Bertz CT molecular complexity index is 557. The van der Waals surface area contributed by atoms with E-state index in [0.29, 0.717) is 0 Å². The third-order valence-electron chi connectivity index (χ3n) is 5.11. The summed E-state index contributed by atoms with van der Waals surface area (Å²) < 4.78 is 2.83. The van der Waals surface area contributed by atoms with Crippen LogP contribution in [0.2, 0.25) is 36.3 Å². The molecular weight excluding hydrogens is 358 g/mol. The van der Waals surface area contributed by atoms with Crippen LogP contribution in [0.4, 0.5) is 5.69 Å². The topological polar surface area (TPSA) is 3.24 Å². The van der Waals surface area contributed by atoms with Crippen LogP contribution in [0.1, 0.15) is 0 Å². The highest BCUT2D eigenvalue weighted by Crippen LogP contribution is 2.41. The lowest BCUT2D eigenvalue weighted by atomic mass is 10.3. The van der Waals surface area contributed by atoms with Crippen LogP contribution in [-0.2, 0) is 0 Å². The van der Waals surface area contributed by atoms with Gasteiger partial charge in [-0.05, 0) is 48.4 Å². The Labute approximate surface area is 169 Å². The fourth-order valence-electron chi connectivity index (χ4n) is 4.29. The number of allylic oxidation sites excluding steroid dienone is 6. The number of rotatable bonds is 15. The van der Waals surface area contributed by atoms with Crippen LogP contribution in [0, 0.1) is 0 Å². The zero-order valence-electron chi connectivity index (χ0n) is 16.8. The van der Waals surface area contributed by atoms with E-state index in [2.05, 4.69) is 110 Å². The van der Waals surface area contributed by atoms with E-state index in [0.717, 1.165) is 36.3 Å². The summed E-state index contributed by atoms with van der Waals surface area (Å²) in [5, 5.41) is 0. The Balaban J connectivity index is 3.83. The maximum atomic E-state index is 4.10. The normalized spacial score (nSPS) is 11.3. The van der Waals surface area contributed by atoms with Crippen molar-refractivity contribution in [2.45, 2.75) is 36.3 Å². The summed E-state index contributed by atoms with van der Waals surface area (Å²) in [5.41, 5.74) is 1.30. The first kappa shape index (κ1) is 22.9. The van der Waals surface area contributed by atoms with Gasteiger partial charge in [0, 0.05) is 5.69 Å². The largest absolute Gasteiger partial charge is 0.422 e. The number of hydrogen-bond acceptors (Lipinski definition) is 1. The van der Waals surface area contributed by atoms with Gasteiger partial charge in [0.15, 0.2) is 16.5 Å². The summed E-state index contributed by atoms with van der Waals surface area (Å²) in [4.78, 5) is 0. The Morgan fingerprint density at radius 1 is 0.556 bits per heavy atom. The van der Waals surface area contributed by atoms with Gasteiger partial charge in [-0.3, -0.25) is 0 Å². The Morgan fingerprint density at radius 2 is 0.852 bits per heavy atom. The summed E-state index contributed by atoms with van der Waals surface area (Å²) in [5.74, 6) is 0. The van der Waals surface area contributed by atoms with Crippen molar-refractivity contribution < 1.29 is 0 Å². The Kier molecular flexibility index (Phi) is 9.83. The van der Waals surface area contributed by atoms with Crippen LogP contribution < -0.4 is 4.23 Å². The van der Waals surface area contributed by atoms with Crippen molar-refractivity contribution in [3.05, 3.63) is 106 Å². The maximum absolute atomic E-state index is 4.10. The minimum absolute atomic E-state index is 1.00. The molecule has 0 saturated carbocycles. The highest BCUT2D eigenvalue weighted by Gasteiger charge is 2.48. The molecule has 0 unspecified atom stereocenters. The molecule has 0 bridgehead atoms. The van der Waals surface area contributed by atoms with Crippen LogP contribution >= 0.6 is 0 Å². The Hall–Kier alpha value is -2.11. The first-order chi connectivity index (χ1) is 13.1. The summed E-state index contributed by atoms with van der Waals surface area (Å²) in [7, 11) is -4.03. The first-order valence-electron chi connectivity index (χ1n) is 9.60. The van der Waals surface area contributed by atoms with Gasteiger partial charge in [0.2, 0.25) is 0 Å². The summed E-state index contributed by atoms with van der Waals surface area (Å²) >= 11 is 0. The van der Waals surface area contributed by atoms with E-state index >= 15 is 0 Å². The lowest BCUT2D eigenvalue weighted by Gasteiger charge is -2.54. The summed E-state index contributed by atoms with van der Waals surface area (Å²) in [6, 6.07) is 16.8. The van der Waals surface area contributed by atoms with Crippen molar-refractivity contribution >= 4 is 22.2 Å². The van der Waals surface area contributed by atoms with E-state index in [1.165, 1.54) is 5.69 Å². The molecule has 3 heteroatoms. The van der Waals surface area contributed by atoms with E-state index in [9.17, 15) is 0 Å². The third-order valence-corrected chi connectivity index (χ3v) is 16.7. The van der Waals surface area contributed by atoms with Crippen LogP contribution in [-0.4, -0.2) is 16.5 Å². The van der Waals surface area contributed by atoms with E-state index < -0.39 is 16.5 Å². The highest BCUT2D eigenvalue weighted by atomic mass is 28.4. The standard InChI is InChI=1S/C24H35NSi2/c1-7-18-26(19-8-2,20-9-3)25(24-16-14-13-15-17-24)27(21-10-4,22-11-5)23-12-6/h7-17H,1-6,18-23H2. The predicted molar refractivity (Wildman–Crippen MR) is 130 cm³/mol. The molecule has 0 aliphatic heterocycles. The number of benzene rings is 1. The molecule has 1 aromatic carbocycles. The molecule has 144 valence electrons. The number of para-hydroxylation sites is 1. The average Bonchev–Trinajstić information content (AvgIpc) is 2.64. The van der Waals surface area contributed by atoms with Gasteiger partial charge in [-0.1, -0.05) is 54.7 Å². The van der Waals surface area contributed by atoms with Gasteiger partial charge in [-0.25, -0.2) is 0 Å². The van der Waals surface area contributed by atoms with E-state index in [1.807, 2.05) is 0 Å². The van der Waals surface area contributed by atoms with E-state index in [4.69, 9.17) is 0 Å². The molecule has 0 amide bonds. The van der Waals surface area contributed by atoms with Gasteiger partial charge in [0.05, 0.1) is 0 Å². The fourth-order valence-corrected chi connectivity index (χ4v) is 16.7. The second-order valence-corrected chi connectivity index (χ2v) is 15.8. The maximum Gasteiger partial charge on any atom is 0.159 e. The molecular formula is C24H35NSi2. The van der Waals surface area contributed by atoms with Crippen LogP contribution in [0.15, 0.2) is 106 Å². The van der Waals surface area contributed by atoms with Crippen molar-refractivity contribution in [2.75, 3.05) is 4.23 Å². The van der Waals surface area contributed by atoms with Gasteiger partial charge in [-0.15, -0.1) is 39.5 Å². The average molecular weight is 394 g/mol. The second kappa shape index (κ2) is 11.6. The zero-order chi connectivity index (χ0) is 20.2. The molecule has 1 rings (SSSR count). The van der Waals surface area contributed by atoms with Gasteiger partial charge in [0.1, 0.15) is 0 Å². The highest BCUT2D eigenvalue weighted by molar-refractivity contribution is 7.03. The fraction of sp³-hybridized carbons (Fsp3) is 0.250. The molecule has 0 atom stereocenters. The van der Waals surface area contributed by atoms with Gasteiger partial charge in [-0.2, -0.15) is 0 Å². The lowest BCUT2D eigenvalue weighted by molar-refractivity contribution is 1.18. The van der Waals surface area contributed by atoms with Crippen LogP contribution in [0.25, 0.3) is 0 Å². The second-order valence-electron chi connectivity index (χ2n) is 7.08. The molecule has 0 spiro atoms. The molecule has 0 heterocycles. The number of hydrogen-bond donors (Lipinski definition) is 0. The molecule has 27 heavy (non-hydrogen) atoms.